The van der Waals surface area contributed by atoms with Gasteiger partial charge in [0.25, 0.3) is 5.91 Å². The van der Waals surface area contributed by atoms with Gasteiger partial charge in [-0.2, -0.15) is 0 Å². The number of hydrogen-bond donors (Lipinski definition) is 0. The fourth-order valence-corrected chi connectivity index (χ4v) is 3.40. The minimum absolute atomic E-state index is 0.00799. The van der Waals surface area contributed by atoms with Crippen LogP contribution in [0, 0.1) is 6.92 Å². The predicted octanol–water partition coefficient (Wildman–Crippen LogP) is 1.77. The number of hydrogen-bond acceptors (Lipinski definition) is 6. The number of carbonyl (C=O) groups is 2. The number of amides is 1. The third kappa shape index (κ3) is 4.01. The van der Waals surface area contributed by atoms with E-state index in [1.807, 2.05) is 6.92 Å². The number of aromatic nitrogens is 1. The van der Waals surface area contributed by atoms with E-state index in [0.29, 0.717) is 37.4 Å². The lowest BCUT2D eigenvalue weighted by atomic mass is 10.1. The van der Waals surface area contributed by atoms with Crippen LogP contribution in [0.15, 0.2) is 0 Å². The van der Waals surface area contributed by atoms with Crippen LogP contribution in [-0.2, 0) is 20.9 Å². The SMILES string of the molecule is COCc1nc(C)c(C(=O)N2CCC(OC(C)=O)CC2)s1. The quantitative estimate of drug-likeness (QED) is 0.793. The molecule has 0 radical (unpaired) electrons. The number of rotatable bonds is 4. The molecule has 1 aliphatic heterocycles. The second-order valence-electron chi connectivity index (χ2n) is 5.06. The Kier molecular flexibility index (Phi) is 5.30. The van der Waals surface area contributed by atoms with Crippen molar-refractivity contribution in [1.82, 2.24) is 9.88 Å². The molecule has 0 aliphatic carbocycles. The molecule has 0 bridgehead atoms. The van der Waals surface area contributed by atoms with Crippen LogP contribution >= 0.6 is 11.3 Å². The molecule has 21 heavy (non-hydrogen) atoms. The Balaban J connectivity index is 1.97. The smallest absolute Gasteiger partial charge is 0.302 e. The number of nitrogens with zero attached hydrogens (tertiary/aromatic N) is 2. The summed E-state index contributed by atoms with van der Waals surface area (Å²) in [7, 11) is 1.61. The van der Waals surface area contributed by atoms with E-state index in [1.54, 1.807) is 12.0 Å². The van der Waals surface area contributed by atoms with Gasteiger partial charge >= 0.3 is 5.97 Å². The lowest BCUT2D eigenvalue weighted by molar-refractivity contribution is -0.148. The van der Waals surface area contributed by atoms with Crippen LogP contribution in [0.2, 0.25) is 0 Å². The van der Waals surface area contributed by atoms with Gasteiger partial charge in [-0.05, 0) is 6.92 Å². The highest BCUT2D eigenvalue weighted by atomic mass is 32.1. The third-order valence-electron chi connectivity index (χ3n) is 3.36. The molecule has 0 N–H and O–H groups in total. The van der Waals surface area contributed by atoms with Gasteiger partial charge in [-0.15, -0.1) is 11.3 Å². The van der Waals surface area contributed by atoms with E-state index in [9.17, 15) is 9.59 Å². The van der Waals surface area contributed by atoms with Gasteiger partial charge < -0.3 is 14.4 Å². The first-order chi connectivity index (χ1) is 10.0. The molecule has 1 saturated heterocycles. The number of piperidine rings is 1. The predicted molar refractivity (Wildman–Crippen MR) is 78.3 cm³/mol. The average Bonchev–Trinajstić information content (AvgIpc) is 2.79. The molecule has 2 heterocycles. The molecule has 2 rings (SSSR count). The minimum atomic E-state index is -0.262. The maximum Gasteiger partial charge on any atom is 0.302 e. The molecule has 6 nitrogen and oxygen atoms in total. The molecule has 1 aliphatic rings. The summed E-state index contributed by atoms with van der Waals surface area (Å²) >= 11 is 1.38. The van der Waals surface area contributed by atoms with E-state index in [2.05, 4.69) is 4.98 Å². The van der Waals surface area contributed by atoms with Crippen molar-refractivity contribution in [3.05, 3.63) is 15.6 Å². The first-order valence-electron chi connectivity index (χ1n) is 6.93. The van der Waals surface area contributed by atoms with Crippen LogP contribution in [0.5, 0.6) is 0 Å². The van der Waals surface area contributed by atoms with Crippen molar-refractivity contribution < 1.29 is 19.1 Å². The number of thiazole rings is 1. The van der Waals surface area contributed by atoms with Crippen molar-refractivity contribution in [3.8, 4) is 0 Å². The summed E-state index contributed by atoms with van der Waals surface area (Å²) in [6.07, 6.45) is 1.31. The fourth-order valence-electron chi connectivity index (χ4n) is 2.39. The van der Waals surface area contributed by atoms with Gasteiger partial charge in [-0.25, -0.2) is 4.98 Å². The van der Waals surface area contributed by atoms with Crippen LogP contribution in [0.1, 0.15) is 40.1 Å². The molecular weight excluding hydrogens is 292 g/mol. The number of esters is 1. The molecule has 0 spiro atoms. The molecule has 116 valence electrons. The zero-order valence-electron chi connectivity index (χ0n) is 12.5. The van der Waals surface area contributed by atoms with Crippen molar-refractivity contribution in [2.45, 2.75) is 39.4 Å². The largest absolute Gasteiger partial charge is 0.462 e. The summed E-state index contributed by atoms with van der Waals surface area (Å²) in [5.74, 6) is -0.254. The molecule has 0 aromatic carbocycles. The molecule has 0 atom stereocenters. The number of ether oxygens (including phenoxy) is 2. The summed E-state index contributed by atoms with van der Waals surface area (Å²) in [6, 6.07) is 0. The molecule has 1 fully saturated rings. The van der Waals surface area contributed by atoms with E-state index in [1.165, 1.54) is 18.3 Å². The molecule has 1 aromatic heterocycles. The van der Waals surface area contributed by atoms with Crippen LogP contribution in [0.25, 0.3) is 0 Å². The van der Waals surface area contributed by atoms with Gasteiger partial charge in [-0.3, -0.25) is 9.59 Å². The van der Waals surface area contributed by atoms with Gasteiger partial charge in [0.15, 0.2) is 0 Å². The molecule has 0 saturated carbocycles. The summed E-state index contributed by atoms with van der Waals surface area (Å²) in [5.41, 5.74) is 0.749. The second kappa shape index (κ2) is 7.00. The Hall–Kier alpha value is -1.47. The zero-order valence-corrected chi connectivity index (χ0v) is 13.4. The molecular formula is C14H20N2O4S. The normalized spacial score (nSPS) is 16.0. The standard InChI is InChI=1S/C14H20N2O4S/c1-9-13(21-12(15-9)8-19-3)14(18)16-6-4-11(5-7-16)20-10(2)17/h11H,4-8H2,1-3H3. The van der Waals surface area contributed by atoms with Gasteiger partial charge in [0, 0.05) is 40.0 Å². The van der Waals surface area contributed by atoms with Crippen molar-refractivity contribution in [2.75, 3.05) is 20.2 Å². The summed E-state index contributed by atoms with van der Waals surface area (Å²) in [5, 5.41) is 0.813. The Morgan fingerprint density at radius 1 is 1.38 bits per heavy atom. The summed E-state index contributed by atoms with van der Waals surface area (Å²) in [4.78, 5) is 30.3. The van der Waals surface area contributed by atoms with E-state index < -0.39 is 0 Å². The Bertz CT molecular complexity index is 521. The van der Waals surface area contributed by atoms with Crippen molar-refractivity contribution in [1.29, 1.82) is 0 Å². The van der Waals surface area contributed by atoms with Crippen LogP contribution in [0.3, 0.4) is 0 Å². The number of methoxy groups -OCH3 is 1. The highest BCUT2D eigenvalue weighted by Gasteiger charge is 2.27. The molecule has 1 aromatic rings. The van der Waals surface area contributed by atoms with E-state index in [4.69, 9.17) is 9.47 Å². The van der Waals surface area contributed by atoms with E-state index in [0.717, 1.165) is 10.7 Å². The van der Waals surface area contributed by atoms with Gasteiger partial charge in [0.1, 0.15) is 16.0 Å². The number of likely N-dealkylation sites (tertiary alicyclic amines) is 1. The van der Waals surface area contributed by atoms with E-state index >= 15 is 0 Å². The van der Waals surface area contributed by atoms with Crippen LogP contribution in [-0.4, -0.2) is 48.1 Å². The third-order valence-corrected chi connectivity index (χ3v) is 4.48. The van der Waals surface area contributed by atoms with Crippen LogP contribution < -0.4 is 0 Å². The summed E-state index contributed by atoms with van der Waals surface area (Å²) < 4.78 is 10.2. The van der Waals surface area contributed by atoms with Crippen LogP contribution in [0.4, 0.5) is 0 Å². The summed E-state index contributed by atoms with van der Waals surface area (Å²) in [6.45, 7) is 4.89. The Morgan fingerprint density at radius 3 is 2.62 bits per heavy atom. The molecule has 0 unspecified atom stereocenters. The van der Waals surface area contributed by atoms with E-state index in [-0.39, 0.29) is 18.0 Å². The first-order valence-corrected chi connectivity index (χ1v) is 7.74. The Labute approximate surface area is 128 Å². The van der Waals surface area contributed by atoms with Gasteiger partial charge in [-0.1, -0.05) is 0 Å². The van der Waals surface area contributed by atoms with Crippen molar-refractivity contribution in [2.24, 2.45) is 0 Å². The maximum absolute atomic E-state index is 12.5. The molecule has 7 heteroatoms. The monoisotopic (exact) mass is 312 g/mol. The average molecular weight is 312 g/mol. The maximum atomic E-state index is 12.5. The topological polar surface area (TPSA) is 68.7 Å². The number of aryl methyl sites for hydroxylation is 1. The van der Waals surface area contributed by atoms with Crippen molar-refractivity contribution >= 4 is 23.2 Å². The fraction of sp³-hybridized carbons (Fsp3) is 0.643. The van der Waals surface area contributed by atoms with Gasteiger partial charge in [0.05, 0.1) is 12.3 Å². The van der Waals surface area contributed by atoms with Crippen molar-refractivity contribution in [3.63, 3.8) is 0 Å². The first kappa shape index (κ1) is 15.9. The lowest BCUT2D eigenvalue weighted by Gasteiger charge is -2.31. The highest BCUT2D eigenvalue weighted by Crippen LogP contribution is 2.23. The second-order valence-corrected chi connectivity index (χ2v) is 6.14. The Morgan fingerprint density at radius 2 is 2.05 bits per heavy atom. The van der Waals surface area contributed by atoms with Gasteiger partial charge in [0.2, 0.25) is 0 Å². The lowest BCUT2D eigenvalue weighted by Crippen LogP contribution is -2.41. The highest BCUT2D eigenvalue weighted by molar-refractivity contribution is 7.13. The zero-order chi connectivity index (χ0) is 15.4. The molecule has 1 amide bonds. The number of carbonyl (C=O) groups excluding carboxylic acids is 2. The minimum Gasteiger partial charge on any atom is -0.462 e.